The number of hydrogen-bond donors (Lipinski definition) is 1. The van der Waals surface area contributed by atoms with Crippen molar-refractivity contribution < 1.29 is 4.42 Å². The molecule has 4 nitrogen and oxygen atoms in total. The average molecular weight is 257 g/mol. The van der Waals surface area contributed by atoms with Crippen LogP contribution in [0, 0.1) is 6.92 Å². The maximum atomic E-state index is 5.86. The lowest BCUT2D eigenvalue weighted by Gasteiger charge is -2.10. The molecule has 1 aliphatic carbocycles. The summed E-state index contributed by atoms with van der Waals surface area (Å²) in [4.78, 5) is 0. The Kier molecular flexibility index (Phi) is 3.34. The quantitative estimate of drug-likeness (QED) is 0.894. The third-order valence-electron chi connectivity index (χ3n) is 3.62. The molecular weight excluding hydrogens is 238 g/mol. The Balaban J connectivity index is 1.73. The summed E-state index contributed by atoms with van der Waals surface area (Å²) in [6.45, 7) is 2.62. The van der Waals surface area contributed by atoms with Gasteiger partial charge in [0.15, 0.2) is 0 Å². The Labute approximate surface area is 113 Å². The van der Waals surface area contributed by atoms with Crippen LogP contribution in [0.2, 0.25) is 0 Å². The van der Waals surface area contributed by atoms with Crippen molar-refractivity contribution in [2.24, 2.45) is 5.73 Å². The Morgan fingerprint density at radius 2 is 2.00 bits per heavy atom. The second-order valence-electron chi connectivity index (χ2n) is 5.38. The van der Waals surface area contributed by atoms with Crippen LogP contribution in [-0.2, 0) is 6.42 Å². The molecule has 1 heterocycles. The second kappa shape index (κ2) is 5.13. The molecule has 0 amide bonds. The predicted octanol–water partition coefficient (Wildman–Crippen LogP) is 2.54. The second-order valence-corrected chi connectivity index (χ2v) is 5.38. The number of aromatic nitrogens is 2. The van der Waals surface area contributed by atoms with Crippen LogP contribution < -0.4 is 5.73 Å². The molecule has 2 N–H and O–H groups in total. The molecule has 2 aromatic rings. The van der Waals surface area contributed by atoms with Crippen LogP contribution in [0.5, 0.6) is 0 Å². The monoisotopic (exact) mass is 257 g/mol. The van der Waals surface area contributed by atoms with Gasteiger partial charge in [0, 0.05) is 12.5 Å². The van der Waals surface area contributed by atoms with Crippen LogP contribution in [0.4, 0.5) is 0 Å². The molecule has 0 radical (unpaired) electrons. The number of hydrogen-bond acceptors (Lipinski definition) is 4. The summed E-state index contributed by atoms with van der Waals surface area (Å²) in [5, 5.41) is 8.30. The highest BCUT2D eigenvalue weighted by Crippen LogP contribution is 2.39. The van der Waals surface area contributed by atoms with Crippen LogP contribution in [0.25, 0.3) is 0 Å². The van der Waals surface area contributed by atoms with Crippen molar-refractivity contribution in [1.29, 1.82) is 0 Å². The average Bonchev–Trinajstić information content (AvgIpc) is 3.17. The summed E-state index contributed by atoms with van der Waals surface area (Å²) in [5.74, 6) is 2.09. The first kappa shape index (κ1) is 12.4. The van der Waals surface area contributed by atoms with E-state index in [2.05, 4.69) is 41.4 Å². The van der Waals surface area contributed by atoms with Crippen molar-refractivity contribution in [2.45, 2.75) is 38.0 Å². The third kappa shape index (κ3) is 2.84. The maximum Gasteiger partial charge on any atom is 0.221 e. The zero-order valence-electron chi connectivity index (χ0n) is 11.2. The molecule has 1 fully saturated rings. The molecule has 1 aromatic heterocycles. The normalized spacial score (nSPS) is 16.5. The highest BCUT2D eigenvalue weighted by Gasteiger charge is 2.30. The standard InChI is InChI=1S/C15H19N3O/c1-10-2-4-11(5-3-10)8-13(9-16)15-18-17-14(19-15)12-6-7-12/h2-5,12-13H,6-9,16H2,1H3. The van der Waals surface area contributed by atoms with Crippen LogP contribution in [-0.4, -0.2) is 16.7 Å². The summed E-state index contributed by atoms with van der Waals surface area (Å²) in [7, 11) is 0. The number of rotatable bonds is 5. The first-order chi connectivity index (χ1) is 9.26. The van der Waals surface area contributed by atoms with Crippen LogP contribution in [0.3, 0.4) is 0 Å². The van der Waals surface area contributed by atoms with E-state index in [4.69, 9.17) is 10.2 Å². The van der Waals surface area contributed by atoms with E-state index in [1.54, 1.807) is 0 Å². The molecule has 3 rings (SSSR count). The Bertz CT molecular complexity index is 543. The van der Waals surface area contributed by atoms with Crippen molar-refractivity contribution in [1.82, 2.24) is 10.2 Å². The SMILES string of the molecule is Cc1ccc(CC(CN)c2nnc(C3CC3)o2)cc1. The van der Waals surface area contributed by atoms with E-state index in [0.717, 1.165) is 12.3 Å². The van der Waals surface area contributed by atoms with E-state index in [1.807, 2.05) is 0 Å². The zero-order chi connectivity index (χ0) is 13.2. The Hall–Kier alpha value is -1.68. The molecule has 1 saturated carbocycles. The van der Waals surface area contributed by atoms with Gasteiger partial charge in [0.1, 0.15) is 0 Å². The largest absolute Gasteiger partial charge is 0.425 e. The van der Waals surface area contributed by atoms with Crippen LogP contribution >= 0.6 is 0 Å². The predicted molar refractivity (Wildman–Crippen MR) is 73.0 cm³/mol. The number of aryl methyl sites for hydroxylation is 1. The van der Waals surface area contributed by atoms with Crippen molar-refractivity contribution in [3.63, 3.8) is 0 Å². The van der Waals surface area contributed by atoms with Gasteiger partial charge in [0.25, 0.3) is 0 Å². The molecule has 1 unspecified atom stereocenters. The number of nitrogens with two attached hydrogens (primary N) is 1. The topological polar surface area (TPSA) is 64.9 Å². The van der Waals surface area contributed by atoms with Gasteiger partial charge in [-0.25, -0.2) is 0 Å². The summed E-state index contributed by atoms with van der Waals surface area (Å²) >= 11 is 0. The first-order valence-electron chi connectivity index (χ1n) is 6.85. The van der Waals surface area contributed by atoms with Gasteiger partial charge in [-0.2, -0.15) is 0 Å². The minimum absolute atomic E-state index is 0.114. The first-order valence-corrected chi connectivity index (χ1v) is 6.85. The molecule has 0 spiro atoms. The molecule has 19 heavy (non-hydrogen) atoms. The van der Waals surface area contributed by atoms with Gasteiger partial charge < -0.3 is 10.2 Å². The van der Waals surface area contributed by atoms with E-state index < -0.39 is 0 Å². The zero-order valence-corrected chi connectivity index (χ0v) is 11.2. The Morgan fingerprint density at radius 3 is 2.63 bits per heavy atom. The molecule has 1 aromatic carbocycles. The molecule has 0 aliphatic heterocycles. The van der Waals surface area contributed by atoms with E-state index >= 15 is 0 Å². The third-order valence-corrected chi connectivity index (χ3v) is 3.62. The van der Waals surface area contributed by atoms with Gasteiger partial charge in [0.05, 0.1) is 5.92 Å². The maximum absolute atomic E-state index is 5.86. The van der Waals surface area contributed by atoms with Crippen molar-refractivity contribution in [3.8, 4) is 0 Å². The fraction of sp³-hybridized carbons (Fsp3) is 0.467. The lowest BCUT2D eigenvalue weighted by atomic mass is 9.99. The van der Waals surface area contributed by atoms with E-state index in [0.29, 0.717) is 18.4 Å². The van der Waals surface area contributed by atoms with Crippen LogP contribution in [0.15, 0.2) is 28.7 Å². The fourth-order valence-corrected chi connectivity index (χ4v) is 2.19. The summed E-state index contributed by atoms with van der Waals surface area (Å²) < 4.78 is 5.75. The van der Waals surface area contributed by atoms with Gasteiger partial charge in [-0.15, -0.1) is 10.2 Å². The lowest BCUT2D eigenvalue weighted by Crippen LogP contribution is -2.15. The van der Waals surface area contributed by atoms with Crippen molar-refractivity contribution in [3.05, 3.63) is 47.2 Å². The van der Waals surface area contributed by atoms with Crippen molar-refractivity contribution in [2.75, 3.05) is 6.54 Å². The fourth-order valence-electron chi connectivity index (χ4n) is 2.19. The highest BCUT2D eigenvalue weighted by molar-refractivity contribution is 5.23. The van der Waals surface area contributed by atoms with Gasteiger partial charge in [-0.3, -0.25) is 0 Å². The van der Waals surface area contributed by atoms with E-state index in [1.165, 1.54) is 24.0 Å². The summed E-state index contributed by atoms with van der Waals surface area (Å²) in [6, 6.07) is 8.50. The van der Waals surface area contributed by atoms with Gasteiger partial charge >= 0.3 is 0 Å². The molecule has 0 saturated heterocycles. The number of benzene rings is 1. The smallest absolute Gasteiger partial charge is 0.221 e. The molecule has 1 aliphatic rings. The van der Waals surface area contributed by atoms with Gasteiger partial charge in [-0.1, -0.05) is 29.8 Å². The molecule has 0 bridgehead atoms. The highest BCUT2D eigenvalue weighted by atomic mass is 16.4. The molecule has 1 atom stereocenters. The molecule has 4 heteroatoms. The lowest BCUT2D eigenvalue weighted by molar-refractivity contribution is 0.415. The van der Waals surface area contributed by atoms with Crippen molar-refractivity contribution >= 4 is 0 Å². The molecular formula is C15H19N3O. The summed E-state index contributed by atoms with van der Waals surface area (Å²) in [5.41, 5.74) is 8.38. The minimum atomic E-state index is 0.114. The minimum Gasteiger partial charge on any atom is -0.425 e. The Morgan fingerprint density at radius 1 is 1.26 bits per heavy atom. The summed E-state index contributed by atoms with van der Waals surface area (Å²) in [6.07, 6.45) is 3.20. The van der Waals surface area contributed by atoms with Gasteiger partial charge in [-0.05, 0) is 31.7 Å². The number of nitrogens with zero attached hydrogens (tertiary/aromatic N) is 2. The van der Waals surface area contributed by atoms with Gasteiger partial charge in [0.2, 0.25) is 11.8 Å². The molecule has 100 valence electrons. The van der Waals surface area contributed by atoms with E-state index in [-0.39, 0.29) is 5.92 Å². The van der Waals surface area contributed by atoms with Crippen LogP contribution in [0.1, 0.15) is 47.6 Å². The van der Waals surface area contributed by atoms with E-state index in [9.17, 15) is 0 Å².